The molecule has 8 heteroatoms. The number of hydrogen-bond donors (Lipinski definition) is 1. The number of amides is 1. The van der Waals surface area contributed by atoms with Crippen molar-refractivity contribution in [3.8, 4) is 0 Å². The smallest absolute Gasteiger partial charge is 0.409 e. The number of piperidine rings is 1. The maximum atomic E-state index is 14.0. The van der Waals surface area contributed by atoms with Gasteiger partial charge in [-0.2, -0.15) is 5.16 Å². The Morgan fingerprint density at radius 2 is 2.20 bits per heavy atom. The summed E-state index contributed by atoms with van der Waals surface area (Å²) in [6.45, 7) is 0.389. The molecule has 1 saturated heterocycles. The van der Waals surface area contributed by atoms with Gasteiger partial charge in [0, 0.05) is 30.6 Å². The molecule has 2 atom stereocenters. The molecule has 134 valence electrons. The van der Waals surface area contributed by atoms with Gasteiger partial charge < -0.3 is 14.2 Å². The maximum Gasteiger partial charge on any atom is 0.409 e. The Morgan fingerprint density at radius 1 is 1.40 bits per heavy atom. The van der Waals surface area contributed by atoms with Gasteiger partial charge in [-0.05, 0) is 30.9 Å². The summed E-state index contributed by atoms with van der Waals surface area (Å²) >= 11 is 0. The summed E-state index contributed by atoms with van der Waals surface area (Å²) in [5.41, 5.74) is -0.0111. The van der Waals surface area contributed by atoms with Gasteiger partial charge in [0.1, 0.15) is 17.4 Å². The van der Waals surface area contributed by atoms with E-state index in [9.17, 15) is 18.4 Å². The minimum atomic E-state index is -0.653. The molecule has 2 aromatic rings. The molecule has 0 unspecified atom stereocenters. The molecule has 0 aliphatic carbocycles. The Balaban J connectivity index is 1.83. The van der Waals surface area contributed by atoms with E-state index in [1.165, 1.54) is 30.2 Å². The summed E-state index contributed by atoms with van der Waals surface area (Å²) in [4.78, 5) is 24.8. The molecule has 0 bridgehead atoms. The molecular formula is C17H18F2N2O4. The molecule has 1 aliphatic heterocycles. The third-order valence-corrected chi connectivity index (χ3v) is 4.54. The molecule has 2 heterocycles. The van der Waals surface area contributed by atoms with Gasteiger partial charge >= 0.3 is 6.09 Å². The van der Waals surface area contributed by atoms with Crippen LogP contribution in [-0.4, -0.2) is 35.8 Å². The number of ether oxygens (including phenoxy) is 1. The number of nitrogens with one attached hydrogen (secondary N) is 1. The third-order valence-electron chi connectivity index (χ3n) is 4.54. The number of carbonyl (C=O) groups is 1. The summed E-state index contributed by atoms with van der Waals surface area (Å²) in [6.07, 6.45) is 0.790. The normalized spacial score (nSPS) is 20.5. The Bertz CT molecular complexity index is 817. The van der Waals surface area contributed by atoms with Gasteiger partial charge in [0.15, 0.2) is 0 Å². The van der Waals surface area contributed by atoms with E-state index in [0.717, 1.165) is 6.07 Å². The fraction of sp³-hybridized carbons (Fsp3) is 0.412. The average Bonchev–Trinajstić information content (AvgIpc) is 3.03. The van der Waals surface area contributed by atoms with Gasteiger partial charge in [-0.25, -0.2) is 13.6 Å². The van der Waals surface area contributed by atoms with E-state index in [0.29, 0.717) is 30.7 Å². The largest absolute Gasteiger partial charge is 0.453 e. The topological polar surface area (TPSA) is 75.5 Å². The summed E-state index contributed by atoms with van der Waals surface area (Å²) < 4.78 is 37.1. The van der Waals surface area contributed by atoms with Gasteiger partial charge in [-0.15, -0.1) is 0 Å². The molecule has 25 heavy (non-hydrogen) atoms. The van der Waals surface area contributed by atoms with Crippen LogP contribution in [0.1, 0.15) is 30.1 Å². The number of likely N-dealkylation sites (tertiary alicyclic amines) is 1. The molecular weight excluding hydrogens is 334 g/mol. The summed E-state index contributed by atoms with van der Waals surface area (Å²) in [5.74, 6) is -0.866. The van der Waals surface area contributed by atoms with Crippen molar-refractivity contribution in [3.05, 3.63) is 57.6 Å². The quantitative estimate of drug-likeness (QED) is 0.922. The van der Waals surface area contributed by atoms with E-state index in [-0.39, 0.29) is 23.9 Å². The van der Waals surface area contributed by atoms with Crippen LogP contribution in [0.15, 0.2) is 33.6 Å². The number of aromatic nitrogens is 1. The number of rotatable bonds is 3. The van der Waals surface area contributed by atoms with E-state index in [2.05, 4.69) is 5.16 Å². The number of halogens is 2. The number of nitrogens with zero attached hydrogens (tertiary/aromatic N) is 1. The SMILES string of the molecule is COC(=O)N1CC[C@@H](c2cc(=O)[nH]o2)C[C@@H]1Cc1ccc(F)cc1F. The fourth-order valence-corrected chi connectivity index (χ4v) is 3.30. The molecule has 0 radical (unpaired) electrons. The standard InChI is InChI=1S/C17H18F2N2O4/c1-24-17(23)21-5-4-11(15-9-16(22)20-25-15)7-13(21)6-10-2-3-12(18)8-14(10)19/h2-3,8-9,11,13H,4-7H2,1H3,(H,20,22)/t11-,13+/m1/s1. The number of carbonyl (C=O) groups excluding carboxylic acids is 1. The molecule has 1 amide bonds. The lowest BCUT2D eigenvalue weighted by atomic mass is 9.86. The van der Waals surface area contributed by atoms with Gasteiger partial charge in [0.2, 0.25) is 0 Å². The first kappa shape index (κ1) is 17.2. The Labute approximate surface area is 142 Å². The number of hydrogen-bond acceptors (Lipinski definition) is 4. The highest BCUT2D eigenvalue weighted by Gasteiger charge is 2.34. The summed E-state index contributed by atoms with van der Waals surface area (Å²) in [5, 5.41) is 2.25. The van der Waals surface area contributed by atoms with Crippen LogP contribution in [-0.2, 0) is 11.2 Å². The third kappa shape index (κ3) is 3.72. The Hall–Kier alpha value is -2.64. The van der Waals surface area contributed by atoms with Crippen LogP contribution in [0, 0.1) is 11.6 Å². The van der Waals surface area contributed by atoms with Crippen molar-refractivity contribution in [1.29, 1.82) is 0 Å². The second-order valence-electron chi connectivity index (χ2n) is 6.09. The van der Waals surface area contributed by atoms with E-state index < -0.39 is 17.7 Å². The number of H-pyrrole nitrogens is 1. The van der Waals surface area contributed by atoms with Gasteiger partial charge in [0.05, 0.1) is 7.11 Å². The van der Waals surface area contributed by atoms with Gasteiger partial charge in [0.25, 0.3) is 5.56 Å². The van der Waals surface area contributed by atoms with Gasteiger partial charge in [-0.1, -0.05) is 6.07 Å². The highest BCUT2D eigenvalue weighted by Crippen LogP contribution is 2.33. The van der Waals surface area contributed by atoms with Crippen molar-refractivity contribution in [2.45, 2.75) is 31.2 Å². The Morgan fingerprint density at radius 3 is 2.84 bits per heavy atom. The second-order valence-corrected chi connectivity index (χ2v) is 6.09. The second kappa shape index (κ2) is 7.08. The van der Waals surface area contributed by atoms with Crippen molar-refractivity contribution in [2.75, 3.05) is 13.7 Å². The maximum absolute atomic E-state index is 14.0. The lowest BCUT2D eigenvalue weighted by Crippen LogP contribution is -2.46. The molecule has 0 saturated carbocycles. The first-order chi connectivity index (χ1) is 12.0. The van der Waals surface area contributed by atoms with E-state index >= 15 is 0 Å². The van der Waals surface area contributed by atoms with Crippen LogP contribution in [0.2, 0.25) is 0 Å². The first-order valence-electron chi connectivity index (χ1n) is 7.95. The first-order valence-corrected chi connectivity index (χ1v) is 7.95. The monoisotopic (exact) mass is 352 g/mol. The van der Waals surface area contributed by atoms with Crippen LogP contribution in [0.5, 0.6) is 0 Å². The van der Waals surface area contributed by atoms with Crippen LogP contribution in [0.3, 0.4) is 0 Å². The molecule has 1 fully saturated rings. The van der Waals surface area contributed by atoms with Crippen LogP contribution in [0.25, 0.3) is 0 Å². The van der Waals surface area contributed by atoms with E-state index in [1.54, 1.807) is 0 Å². The van der Waals surface area contributed by atoms with Crippen molar-refractivity contribution in [1.82, 2.24) is 10.1 Å². The minimum Gasteiger partial charge on any atom is -0.453 e. The number of benzene rings is 1. The van der Waals surface area contributed by atoms with Crippen LogP contribution < -0.4 is 5.56 Å². The molecule has 1 aromatic heterocycles. The predicted octanol–water partition coefficient (Wildman–Crippen LogP) is 2.80. The highest BCUT2D eigenvalue weighted by molar-refractivity contribution is 5.68. The van der Waals surface area contributed by atoms with E-state index in [1.807, 2.05) is 0 Å². The van der Waals surface area contributed by atoms with Crippen LogP contribution >= 0.6 is 0 Å². The highest BCUT2D eigenvalue weighted by atomic mass is 19.1. The molecule has 1 aromatic carbocycles. The summed E-state index contributed by atoms with van der Waals surface area (Å²) in [7, 11) is 1.29. The van der Waals surface area contributed by atoms with Crippen LogP contribution in [0.4, 0.5) is 13.6 Å². The van der Waals surface area contributed by atoms with Crippen molar-refractivity contribution in [3.63, 3.8) is 0 Å². The minimum absolute atomic E-state index is 0.0756. The zero-order valence-electron chi connectivity index (χ0n) is 13.6. The van der Waals surface area contributed by atoms with E-state index in [4.69, 9.17) is 9.26 Å². The zero-order valence-corrected chi connectivity index (χ0v) is 13.6. The van der Waals surface area contributed by atoms with Crippen molar-refractivity contribution >= 4 is 6.09 Å². The predicted molar refractivity (Wildman–Crippen MR) is 84.3 cm³/mol. The van der Waals surface area contributed by atoms with Gasteiger partial charge in [-0.3, -0.25) is 4.79 Å². The zero-order chi connectivity index (χ0) is 18.0. The molecule has 0 spiro atoms. The molecule has 3 rings (SSSR count). The number of methoxy groups -OCH3 is 1. The molecule has 1 aliphatic rings. The molecule has 6 nitrogen and oxygen atoms in total. The number of aromatic amines is 1. The lowest BCUT2D eigenvalue weighted by molar-refractivity contribution is 0.0814. The average molecular weight is 352 g/mol. The van der Waals surface area contributed by atoms with Crippen molar-refractivity contribution < 1.29 is 22.8 Å². The summed E-state index contributed by atoms with van der Waals surface area (Å²) in [6, 6.07) is 4.41. The fourth-order valence-electron chi connectivity index (χ4n) is 3.30. The lowest BCUT2D eigenvalue weighted by Gasteiger charge is -2.38. The molecule has 1 N–H and O–H groups in total. The van der Waals surface area contributed by atoms with Crippen molar-refractivity contribution in [2.24, 2.45) is 0 Å². The Kier molecular flexibility index (Phi) is 4.87.